The van der Waals surface area contributed by atoms with E-state index in [0.717, 1.165) is 16.0 Å². The van der Waals surface area contributed by atoms with Crippen LogP contribution < -0.4 is 10.5 Å². The normalized spacial score (nSPS) is 11.1. The fourth-order valence-electron chi connectivity index (χ4n) is 4.34. The lowest BCUT2D eigenvalue weighted by atomic mass is 10.1. The molecule has 3 aromatic carbocycles. The molecule has 0 spiro atoms. The predicted octanol–water partition coefficient (Wildman–Crippen LogP) is 3.92. The zero-order chi connectivity index (χ0) is 24.7. The van der Waals surface area contributed by atoms with Gasteiger partial charge in [0.2, 0.25) is 0 Å². The maximum absolute atomic E-state index is 14.0. The van der Waals surface area contributed by atoms with E-state index in [2.05, 4.69) is 5.10 Å². The lowest BCUT2D eigenvalue weighted by Gasteiger charge is -2.21. The van der Waals surface area contributed by atoms with Crippen molar-refractivity contribution in [1.82, 2.24) is 14.3 Å². The number of nitrogens with zero attached hydrogens (tertiary/aromatic N) is 4. The highest BCUT2D eigenvalue weighted by atomic mass is 16.4. The molecule has 2 aromatic heterocycles. The van der Waals surface area contributed by atoms with Crippen LogP contribution in [-0.4, -0.2) is 37.9 Å². The van der Waals surface area contributed by atoms with Crippen molar-refractivity contribution < 1.29 is 14.7 Å². The molecule has 2 heterocycles. The second-order valence-corrected chi connectivity index (χ2v) is 8.32. The molecule has 0 aliphatic rings. The molecule has 0 bridgehead atoms. The third kappa shape index (κ3) is 3.74. The van der Waals surface area contributed by atoms with E-state index in [0.29, 0.717) is 27.7 Å². The maximum Gasteiger partial charge on any atom is 0.323 e. The van der Waals surface area contributed by atoms with Gasteiger partial charge in [0.25, 0.3) is 11.5 Å². The van der Waals surface area contributed by atoms with Crippen molar-refractivity contribution in [3.63, 3.8) is 0 Å². The zero-order valence-electron chi connectivity index (χ0n) is 19.2. The van der Waals surface area contributed by atoms with Crippen LogP contribution in [0.1, 0.15) is 16.1 Å². The molecule has 0 saturated heterocycles. The van der Waals surface area contributed by atoms with Crippen molar-refractivity contribution in [3.8, 4) is 5.69 Å². The second kappa shape index (κ2) is 8.57. The molecule has 1 N–H and O–H groups in total. The van der Waals surface area contributed by atoms with Crippen LogP contribution in [0.2, 0.25) is 0 Å². The van der Waals surface area contributed by atoms with Gasteiger partial charge in [0.1, 0.15) is 12.1 Å². The van der Waals surface area contributed by atoms with E-state index in [4.69, 9.17) is 0 Å². The number of hydrogen-bond acceptors (Lipinski definition) is 4. The minimum Gasteiger partial charge on any atom is -0.480 e. The first-order chi connectivity index (χ1) is 16.9. The van der Waals surface area contributed by atoms with E-state index in [1.165, 1.54) is 4.68 Å². The van der Waals surface area contributed by atoms with E-state index < -0.39 is 18.4 Å². The zero-order valence-corrected chi connectivity index (χ0v) is 19.2. The first-order valence-corrected chi connectivity index (χ1v) is 11.0. The lowest BCUT2D eigenvalue weighted by Crippen LogP contribution is -2.38. The van der Waals surface area contributed by atoms with Crippen molar-refractivity contribution in [1.29, 1.82) is 0 Å². The standard InChI is InChI=1S/C27H22N4O4/c1-17-12-14-19(15-13-17)31-27(35)25-23(20-10-6-7-11-21(20)29(25)2)24(28-31)26(34)30(16-22(32)33)18-8-4-3-5-9-18/h3-15H,16H2,1-2H3,(H,32,33). The third-order valence-corrected chi connectivity index (χ3v) is 6.03. The second-order valence-electron chi connectivity index (χ2n) is 8.32. The first kappa shape index (κ1) is 22.1. The summed E-state index contributed by atoms with van der Waals surface area (Å²) in [6, 6.07) is 23.2. The van der Waals surface area contributed by atoms with Gasteiger partial charge >= 0.3 is 5.97 Å². The van der Waals surface area contributed by atoms with Crippen molar-refractivity contribution in [2.75, 3.05) is 11.4 Å². The van der Waals surface area contributed by atoms with Gasteiger partial charge in [-0.2, -0.15) is 9.78 Å². The van der Waals surface area contributed by atoms with E-state index in [1.807, 2.05) is 43.3 Å². The van der Waals surface area contributed by atoms with Crippen LogP contribution in [0.15, 0.2) is 83.7 Å². The number of aromatic nitrogens is 3. The van der Waals surface area contributed by atoms with Crippen molar-refractivity contribution >= 4 is 39.4 Å². The quantitative estimate of drug-likeness (QED) is 0.424. The molecule has 0 fully saturated rings. The number of hydrogen-bond donors (Lipinski definition) is 1. The molecule has 0 aliphatic heterocycles. The Bertz CT molecular complexity index is 1650. The summed E-state index contributed by atoms with van der Waals surface area (Å²) < 4.78 is 2.96. The number of carbonyl (C=O) groups is 2. The summed E-state index contributed by atoms with van der Waals surface area (Å²) in [6.07, 6.45) is 0. The van der Waals surface area contributed by atoms with E-state index in [1.54, 1.807) is 54.1 Å². The Morgan fingerprint density at radius 1 is 0.943 bits per heavy atom. The van der Waals surface area contributed by atoms with Gasteiger partial charge in [-0.25, -0.2) is 0 Å². The number of carboxylic acid groups (broad SMARTS) is 1. The molecule has 8 heteroatoms. The topological polar surface area (TPSA) is 97.4 Å². The van der Waals surface area contributed by atoms with Gasteiger partial charge < -0.3 is 9.67 Å². The molecule has 0 aliphatic carbocycles. The minimum atomic E-state index is -1.16. The van der Waals surface area contributed by atoms with Crippen molar-refractivity contribution in [2.45, 2.75) is 6.92 Å². The summed E-state index contributed by atoms with van der Waals surface area (Å²) in [5.74, 6) is -1.77. The van der Waals surface area contributed by atoms with Gasteiger partial charge in [0.15, 0.2) is 5.69 Å². The average Bonchev–Trinajstić information content (AvgIpc) is 3.17. The minimum absolute atomic E-state index is 0.00192. The highest BCUT2D eigenvalue weighted by Gasteiger charge is 2.28. The Balaban J connectivity index is 1.85. The fraction of sp³-hybridized carbons (Fsp3) is 0.111. The summed E-state index contributed by atoms with van der Waals surface area (Å²) in [5, 5.41) is 15.2. The Morgan fingerprint density at radius 2 is 1.60 bits per heavy atom. The lowest BCUT2D eigenvalue weighted by molar-refractivity contribution is -0.135. The molecular weight excluding hydrogens is 444 g/mol. The molecule has 5 aromatic rings. The van der Waals surface area contributed by atoms with Crippen LogP contribution in [-0.2, 0) is 11.8 Å². The van der Waals surface area contributed by atoms with E-state index in [9.17, 15) is 19.5 Å². The molecular formula is C27H22N4O4. The number of aliphatic carboxylic acids is 1. The smallest absolute Gasteiger partial charge is 0.323 e. The van der Waals surface area contributed by atoms with Crippen molar-refractivity contribution in [2.24, 2.45) is 7.05 Å². The van der Waals surface area contributed by atoms with Gasteiger partial charge in [-0.05, 0) is 37.3 Å². The molecule has 0 saturated carbocycles. The average molecular weight is 466 g/mol. The molecule has 35 heavy (non-hydrogen) atoms. The van der Waals surface area contributed by atoms with Gasteiger partial charge in [-0.3, -0.25) is 19.3 Å². The maximum atomic E-state index is 14.0. The van der Waals surface area contributed by atoms with Crippen LogP contribution in [0, 0.1) is 6.92 Å². The first-order valence-electron chi connectivity index (χ1n) is 11.0. The molecule has 0 unspecified atom stereocenters. The molecule has 0 radical (unpaired) electrons. The number of amides is 1. The molecule has 0 atom stereocenters. The number of fused-ring (bicyclic) bond motifs is 3. The van der Waals surface area contributed by atoms with Crippen LogP contribution in [0.3, 0.4) is 0 Å². The van der Waals surface area contributed by atoms with Crippen LogP contribution in [0.4, 0.5) is 5.69 Å². The number of carbonyl (C=O) groups excluding carboxylic acids is 1. The van der Waals surface area contributed by atoms with Crippen LogP contribution in [0.5, 0.6) is 0 Å². The number of para-hydroxylation sites is 2. The largest absolute Gasteiger partial charge is 0.480 e. The van der Waals surface area contributed by atoms with Crippen LogP contribution in [0.25, 0.3) is 27.5 Å². The summed E-state index contributed by atoms with van der Waals surface area (Å²) in [7, 11) is 1.77. The van der Waals surface area contributed by atoms with Crippen LogP contribution >= 0.6 is 0 Å². The van der Waals surface area contributed by atoms with Gasteiger partial charge in [-0.15, -0.1) is 0 Å². The fourth-order valence-corrected chi connectivity index (χ4v) is 4.34. The molecule has 8 nitrogen and oxygen atoms in total. The molecule has 1 amide bonds. The molecule has 174 valence electrons. The SMILES string of the molecule is Cc1ccc(-n2nc(C(=O)N(CC(=O)O)c3ccccc3)c3c4ccccc4n(C)c3c2=O)cc1. The van der Waals surface area contributed by atoms with E-state index >= 15 is 0 Å². The predicted molar refractivity (Wildman–Crippen MR) is 134 cm³/mol. The monoisotopic (exact) mass is 466 g/mol. The van der Waals surface area contributed by atoms with E-state index in [-0.39, 0.29) is 11.3 Å². The van der Waals surface area contributed by atoms with Gasteiger partial charge in [0.05, 0.1) is 5.69 Å². The Morgan fingerprint density at radius 3 is 2.29 bits per heavy atom. The highest BCUT2D eigenvalue weighted by molar-refractivity contribution is 6.20. The van der Waals surface area contributed by atoms with Gasteiger partial charge in [-0.1, -0.05) is 54.1 Å². The van der Waals surface area contributed by atoms with Crippen molar-refractivity contribution in [3.05, 3.63) is 100 Å². The summed E-state index contributed by atoms with van der Waals surface area (Å²) in [5.41, 5.74) is 2.65. The number of carboxylic acids is 1. The highest BCUT2D eigenvalue weighted by Crippen LogP contribution is 2.30. The number of rotatable bonds is 5. The third-order valence-electron chi connectivity index (χ3n) is 6.03. The van der Waals surface area contributed by atoms with Gasteiger partial charge in [0, 0.05) is 29.0 Å². The summed E-state index contributed by atoms with van der Waals surface area (Å²) in [6.45, 7) is 1.38. The summed E-state index contributed by atoms with van der Waals surface area (Å²) in [4.78, 5) is 40.5. The number of anilines is 1. The Labute approximate surface area is 200 Å². The molecule has 5 rings (SSSR count). The Kier molecular flexibility index (Phi) is 5.41. The number of aryl methyl sites for hydroxylation is 2. The number of benzene rings is 3. The summed E-state index contributed by atoms with van der Waals surface area (Å²) >= 11 is 0. The Hall–Kier alpha value is -4.72.